The summed E-state index contributed by atoms with van der Waals surface area (Å²) in [4.78, 5) is 2.24. The second-order valence-corrected chi connectivity index (χ2v) is 5.61. The van der Waals surface area contributed by atoms with Crippen LogP contribution in [0.25, 0.3) is 0 Å². The van der Waals surface area contributed by atoms with Gasteiger partial charge in [-0.25, -0.2) is 0 Å². The summed E-state index contributed by atoms with van der Waals surface area (Å²) in [7, 11) is 0. The monoisotopic (exact) mass is 410 g/mol. The minimum Gasteiger partial charge on any atom is -0.389 e. The Hall–Kier alpha value is 0.141. The van der Waals surface area contributed by atoms with E-state index in [1.165, 1.54) is 5.56 Å². The van der Waals surface area contributed by atoms with E-state index in [4.69, 9.17) is 13.2 Å². The molecule has 1 aromatic carbocycles. The van der Waals surface area contributed by atoms with Crippen LogP contribution in [0.2, 0.25) is 0 Å². The zero-order valence-corrected chi connectivity index (χ0v) is 17.8. The fourth-order valence-corrected chi connectivity index (χ4v) is 2.34. The normalized spacial score (nSPS) is 18.8. The fourth-order valence-electron chi connectivity index (χ4n) is 2.34. The van der Waals surface area contributed by atoms with Crippen LogP contribution in [0.5, 0.6) is 0 Å². The zero-order chi connectivity index (χ0) is 17.0. The van der Waals surface area contributed by atoms with Crippen molar-refractivity contribution in [2.45, 2.75) is 6.54 Å². The van der Waals surface area contributed by atoms with Gasteiger partial charge >= 0.3 is 18.9 Å². The first-order valence-electron chi connectivity index (χ1n) is 8.08. The maximum atomic E-state index is 5.74. The van der Waals surface area contributed by atoms with Crippen LogP contribution in [0.1, 0.15) is 5.56 Å². The predicted molar refractivity (Wildman–Crippen MR) is 100 cm³/mol. The summed E-state index contributed by atoms with van der Waals surface area (Å²) in [6.45, 7) is 14.0. The van der Waals surface area contributed by atoms with Crippen LogP contribution in [0, 0.1) is 77.4 Å². The second-order valence-electron chi connectivity index (χ2n) is 5.61. The zero-order valence-electron chi connectivity index (χ0n) is 15.4. The van der Waals surface area contributed by atoms with Gasteiger partial charge in [-0.15, -0.1) is 0 Å². The molecule has 0 aromatic heterocycles. The molecule has 3 fully saturated rings. The Morgan fingerprint density at radius 1 is 0.654 bits per heavy atom. The van der Waals surface area contributed by atoms with Crippen LogP contribution in [-0.4, -0.2) is 18.0 Å². The van der Waals surface area contributed by atoms with E-state index in [2.05, 4.69) is 17.0 Å². The third-order valence-corrected chi connectivity index (χ3v) is 3.56. The van der Waals surface area contributed by atoms with Crippen LogP contribution in [0.15, 0.2) is 41.5 Å². The summed E-state index contributed by atoms with van der Waals surface area (Å²) in [6.07, 6.45) is 20.0. The summed E-state index contributed by atoms with van der Waals surface area (Å²) in [6, 6.07) is 10.3. The Kier molecular flexibility index (Phi) is 16.2. The molecule has 1 aromatic rings. The van der Waals surface area contributed by atoms with E-state index in [9.17, 15) is 0 Å². The van der Waals surface area contributed by atoms with E-state index in [-0.39, 0.29) is 45.1 Å². The van der Waals surface area contributed by atoms with Gasteiger partial charge in [-0.3, -0.25) is 0 Å². The van der Waals surface area contributed by atoms with Gasteiger partial charge in [0.05, 0.1) is 0 Å². The van der Waals surface area contributed by atoms with Gasteiger partial charge < -0.3 is 29.2 Å². The van der Waals surface area contributed by atoms with Crippen molar-refractivity contribution in [1.82, 2.24) is 4.90 Å². The van der Waals surface area contributed by atoms with E-state index < -0.39 is 0 Å². The molecule has 0 spiro atoms. The molecule has 0 bridgehead atoms. The Bertz CT molecular complexity index is 451. The second kappa shape index (κ2) is 16.1. The molecule has 0 atom stereocenters. The summed E-state index contributed by atoms with van der Waals surface area (Å²) in [5.74, 6) is 0. The van der Waals surface area contributed by atoms with Crippen LogP contribution in [0.3, 0.4) is 0 Å². The van der Waals surface area contributed by atoms with Crippen LogP contribution in [0.4, 0.5) is 0 Å². The average molecular weight is 412 g/mol. The first-order valence-corrected chi connectivity index (χ1v) is 8.08. The number of benzene rings is 1. The number of rotatable bonds is 2. The minimum absolute atomic E-state index is 0. The topological polar surface area (TPSA) is 3.24 Å². The third-order valence-electron chi connectivity index (χ3n) is 3.56. The molecular weight excluding hydrogens is 388 g/mol. The van der Waals surface area contributed by atoms with Gasteiger partial charge in [-0.2, -0.15) is 0 Å². The predicted octanol–water partition coefficient (Wildman–Crippen LogP) is 1.27. The molecule has 0 unspecified atom stereocenters. The first kappa shape index (κ1) is 26.1. The summed E-state index contributed by atoms with van der Waals surface area (Å²) in [5.41, 5.74) is 2.94. The number of likely N-dealkylation sites (tertiary alicyclic amines) is 1. The molecule has 1 aliphatic heterocycles. The van der Waals surface area contributed by atoms with Gasteiger partial charge in [0, 0.05) is 32.7 Å². The first-order chi connectivity index (χ1) is 11.8. The minimum atomic E-state index is 0. The molecule has 1 saturated heterocycles. The molecule has 10 radical (unpaired) electrons. The van der Waals surface area contributed by atoms with Gasteiger partial charge in [-0.1, -0.05) is 43.4 Å². The molecule has 3 aliphatic rings. The molecule has 0 amide bonds. The van der Waals surface area contributed by atoms with Crippen molar-refractivity contribution in [3.8, 4) is 0 Å². The molecule has 4 rings (SSSR count). The fraction of sp³-hybridized carbons (Fsp3) is 0.130. The van der Waals surface area contributed by atoms with Crippen LogP contribution in [-0.2, 0) is 32.7 Å². The maximum Gasteiger partial charge on any atom is 1.00 e. The average Bonchev–Trinajstić information content (AvgIpc) is 3.35. The Morgan fingerprint density at radius 2 is 1.00 bits per heavy atom. The molecule has 3 heteroatoms. The smallest absolute Gasteiger partial charge is 0.389 e. The quantitative estimate of drug-likeness (QED) is 0.523. The van der Waals surface area contributed by atoms with Crippen molar-refractivity contribution in [2.75, 3.05) is 13.1 Å². The van der Waals surface area contributed by atoms with Gasteiger partial charge in [0.15, 0.2) is 0 Å². The molecule has 1 nitrogen and oxygen atoms in total. The number of hydrogen-bond acceptors (Lipinski definition) is 1. The van der Waals surface area contributed by atoms with Gasteiger partial charge in [0.1, 0.15) is 0 Å². The van der Waals surface area contributed by atoms with Crippen LogP contribution < -0.4 is 18.9 Å². The van der Waals surface area contributed by atoms with Crippen molar-refractivity contribution < 1.29 is 45.1 Å². The summed E-state index contributed by atoms with van der Waals surface area (Å²) < 4.78 is 0. The van der Waals surface area contributed by atoms with Crippen molar-refractivity contribution in [2.24, 2.45) is 0 Å². The van der Waals surface area contributed by atoms with Crippen molar-refractivity contribution >= 4 is 0 Å². The Labute approximate surface area is 193 Å². The van der Waals surface area contributed by atoms with E-state index in [1.54, 1.807) is 0 Å². The standard InChI is InChI=1S/C13H13N.2C5H5.Li.Zr/c1-11-8-14(9-12(11)2)10-13-6-4-3-5-7-13;2*1-2-4-5-3-1;;/h1-7H,8-10H2;2*1-5H;;/q-2;;;+1;. The van der Waals surface area contributed by atoms with E-state index in [0.717, 1.165) is 30.8 Å². The number of hydrogen-bond donors (Lipinski definition) is 0. The summed E-state index contributed by atoms with van der Waals surface area (Å²) in [5, 5.41) is 0. The SMILES string of the molecule is [CH-]=C1CN(Cc2ccccc2)CC1=[CH-].[CH]1[CH][CH][CH][CH]1.[CH]1[CH][CH][CH][CH]1.[Li+].[Zr]. The van der Waals surface area contributed by atoms with Gasteiger partial charge in [-0.05, 0) is 69.8 Å². The summed E-state index contributed by atoms with van der Waals surface area (Å²) >= 11 is 0. The molecule has 26 heavy (non-hydrogen) atoms. The van der Waals surface area contributed by atoms with Gasteiger partial charge in [0.25, 0.3) is 0 Å². The van der Waals surface area contributed by atoms with Crippen molar-refractivity contribution in [1.29, 1.82) is 0 Å². The van der Waals surface area contributed by atoms with E-state index in [0.29, 0.717) is 0 Å². The maximum absolute atomic E-state index is 5.74. The Balaban J connectivity index is 0.000000432. The molecular formula is C23H23LiNZr-. The van der Waals surface area contributed by atoms with Crippen molar-refractivity contribution in [3.63, 3.8) is 0 Å². The molecule has 0 N–H and O–H groups in total. The van der Waals surface area contributed by atoms with Crippen LogP contribution >= 0.6 is 0 Å². The van der Waals surface area contributed by atoms with E-state index in [1.807, 2.05) is 82.4 Å². The Morgan fingerprint density at radius 3 is 1.35 bits per heavy atom. The van der Waals surface area contributed by atoms with Crippen molar-refractivity contribution in [3.05, 3.63) is 124 Å². The molecule has 126 valence electrons. The molecule has 2 saturated carbocycles. The van der Waals surface area contributed by atoms with Gasteiger partial charge in [0.2, 0.25) is 0 Å². The largest absolute Gasteiger partial charge is 1.00 e. The van der Waals surface area contributed by atoms with E-state index >= 15 is 0 Å². The molecule has 1 heterocycles. The number of nitrogens with zero attached hydrogens (tertiary/aromatic N) is 1. The third kappa shape index (κ3) is 11.1. The molecule has 2 aliphatic carbocycles.